The topological polar surface area (TPSA) is 90.1 Å². The van der Waals surface area contributed by atoms with Gasteiger partial charge in [-0.15, -0.1) is 21.5 Å². The Morgan fingerprint density at radius 1 is 0.806 bits per heavy atom. The van der Waals surface area contributed by atoms with Crippen molar-refractivity contribution >= 4 is 46.0 Å². The smallest absolute Gasteiger partial charge is 0.290 e. The lowest BCUT2D eigenvalue weighted by atomic mass is 9.57. The number of fused-ring (bicyclic) bond motifs is 4. The number of nitrogens with zero attached hydrogens (tertiary/aromatic N) is 7. The maximum Gasteiger partial charge on any atom is 0.290 e. The summed E-state index contributed by atoms with van der Waals surface area (Å²) in [6.45, 7) is 16.4. The fraction of sp³-hybridized carbons (Fsp3) is 0.370. The van der Waals surface area contributed by atoms with Crippen LogP contribution in [0.25, 0.3) is 16.1 Å². The molecule has 11 rings (SSSR count). The molecule has 3 aliphatic heterocycles. The van der Waals surface area contributed by atoms with Gasteiger partial charge >= 0.3 is 0 Å². The molecule has 1 atom stereocenters. The maximum atomic E-state index is 16.5. The van der Waals surface area contributed by atoms with Gasteiger partial charge in [0.05, 0.1) is 11.4 Å². The molecular formula is C54H56F3N7O2S. The predicted molar refractivity (Wildman–Crippen MR) is 261 cm³/mol. The van der Waals surface area contributed by atoms with Crippen molar-refractivity contribution < 1.29 is 23.1 Å². The number of aliphatic imine (C=N–C) groups is 1. The largest absolute Gasteiger partial charge is 0.483 e. The molecule has 2 aromatic heterocycles. The van der Waals surface area contributed by atoms with Crippen LogP contribution in [0, 0.1) is 56.5 Å². The second-order valence-corrected chi connectivity index (χ2v) is 20.5. The van der Waals surface area contributed by atoms with Crippen LogP contribution in [0.15, 0.2) is 83.9 Å². The summed E-state index contributed by atoms with van der Waals surface area (Å²) in [5, 5.41) is 16.9. The van der Waals surface area contributed by atoms with Crippen molar-refractivity contribution in [1.82, 2.24) is 19.7 Å². The normalized spacial score (nSPS) is 19.0. The van der Waals surface area contributed by atoms with Gasteiger partial charge in [-0.3, -0.25) is 19.3 Å². The second-order valence-electron chi connectivity index (χ2n) is 19.3. The number of aryl methyl sites for hydroxylation is 4. The second kappa shape index (κ2) is 17.9. The van der Waals surface area contributed by atoms with Gasteiger partial charge < -0.3 is 14.9 Å². The fourth-order valence-corrected chi connectivity index (χ4v) is 12.7. The number of carboxylic acid groups (broad SMARTS) is 1. The summed E-state index contributed by atoms with van der Waals surface area (Å²) in [5.41, 5.74) is 11.6. The Labute approximate surface area is 394 Å². The SMILES string of the molecule is Cc1ccc2c(c1)CCCC(c1ccccc1F)=C2c1cc(F)c(N2CCN(CC3CC4(C3)CN(c3ccc(C5=N[C@@H](C)c6nnc(C)n6-c6sc(C)c(C)c65)cc3)C4)CC2)cc1F.O=CO. The zero-order valence-corrected chi connectivity index (χ0v) is 39.6. The highest BCUT2D eigenvalue weighted by molar-refractivity contribution is 7.15. The van der Waals surface area contributed by atoms with Crippen LogP contribution in [0.2, 0.25) is 0 Å². The lowest BCUT2D eigenvalue weighted by Gasteiger charge is -2.60. The Hall–Kier alpha value is -6.05. The zero-order valence-electron chi connectivity index (χ0n) is 38.8. The third-order valence-corrected chi connectivity index (χ3v) is 16.0. The van der Waals surface area contributed by atoms with Gasteiger partial charge in [0.15, 0.2) is 5.82 Å². The molecule has 0 amide bonds. The van der Waals surface area contributed by atoms with E-state index in [9.17, 15) is 0 Å². The van der Waals surface area contributed by atoms with E-state index in [1.807, 2.05) is 30.9 Å². The predicted octanol–water partition coefficient (Wildman–Crippen LogP) is 10.9. The van der Waals surface area contributed by atoms with Gasteiger partial charge in [-0.25, -0.2) is 13.2 Å². The van der Waals surface area contributed by atoms with Crippen LogP contribution >= 0.6 is 11.3 Å². The summed E-state index contributed by atoms with van der Waals surface area (Å²) in [7, 11) is 0. The van der Waals surface area contributed by atoms with Crippen LogP contribution in [-0.2, 0) is 11.2 Å². The number of halogens is 3. The summed E-state index contributed by atoms with van der Waals surface area (Å²) >= 11 is 1.79. The van der Waals surface area contributed by atoms with E-state index in [1.165, 1.54) is 52.7 Å². The standard InChI is InChI=1S/C53H54F3N7S.CH2O2/c1-31-13-18-40-38(23-31)9-8-11-42(41-10-6-7-12-44(41)54)49(40)43-24-46(56)47(25-45(43)55)61-21-19-60(20-22-61)28-36-26-53(27-36)29-62(30-53)39-16-14-37(15-17-39)50-48-32(2)34(4)64-52(48)63-35(5)58-59-51(63)33(3)57-50;2-1-3/h6-7,10,12-18,23-25,33,36H,8-9,11,19-22,26-30H2,1-5H3;1H,(H,2,3)/t33-;/m0./s1. The van der Waals surface area contributed by atoms with Crippen LogP contribution in [0.5, 0.6) is 0 Å². The van der Waals surface area contributed by atoms with Gasteiger partial charge in [-0.05, 0) is 125 Å². The minimum Gasteiger partial charge on any atom is -0.483 e. The minimum atomic E-state index is -0.478. The summed E-state index contributed by atoms with van der Waals surface area (Å²) in [4.78, 5) is 21.9. The third-order valence-electron chi connectivity index (χ3n) is 14.8. The Morgan fingerprint density at radius 2 is 1.54 bits per heavy atom. The first kappa shape index (κ1) is 44.8. The number of benzene rings is 4. The molecule has 6 aromatic rings. The molecule has 1 N–H and O–H groups in total. The van der Waals surface area contributed by atoms with Crippen molar-refractivity contribution in [1.29, 1.82) is 0 Å². The minimum absolute atomic E-state index is 0.103. The van der Waals surface area contributed by atoms with Gasteiger partial charge in [0.25, 0.3) is 6.47 Å². The summed E-state index contributed by atoms with van der Waals surface area (Å²) in [5.74, 6) is 1.16. The number of carbonyl (C=O) groups is 1. The van der Waals surface area contributed by atoms with E-state index in [4.69, 9.17) is 14.9 Å². The molecule has 13 heteroatoms. The van der Waals surface area contributed by atoms with E-state index in [0.717, 1.165) is 95.8 Å². The molecule has 0 radical (unpaired) electrons. The Kier molecular flexibility index (Phi) is 11.9. The first-order valence-corrected chi connectivity index (χ1v) is 24.2. The molecule has 0 bridgehead atoms. The Balaban J connectivity index is 0.00000171. The van der Waals surface area contributed by atoms with Crippen molar-refractivity contribution in [3.05, 3.63) is 157 Å². The van der Waals surface area contributed by atoms with E-state index in [2.05, 4.69) is 75.7 Å². The van der Waals surface area contributed by atoms with Crippen molar-refractivity contribution in [2.24, 2.45) is 16.3 Å². The van der Waals surface area contributed by atoms with Crippen molar-refractivity contribution in [3.8, 4) is 5.00 Å². The molecule has 3 fully saturated rings. The average Bonchev–Trinajstić information content (AvgIpc) is 3.70. The van der Waals surface area contributed by atoms with Gasteiger partial charge in [0.2, 0.25) is 0 Å². The van der Waals surface area contributed by atoms with Gasteiger partial charge in [-0.1, -0.05) is 54.1 Å². The van der Waals surface area contributed by atoms with E-state index in [1.54, 1.807) is 29.5 Å². The lowest BCUT2D eigenvalue weighted by Crippen LogP contribution is -2.64. The van der Waals surface area contributed by atoms with Crippen molar-refractivity contribution in [2.45, 2.75) is 72.8 Å². The average molecular weight is 924 g/mol. The number of rotatable bonds is 7. The van der Waals surface area contributed by atoms with Crippen LogP contribution in [0.4, 0.5) is 24.5 Å². The number of piperazine rings is 1. The molecular weight excluding hydrogens is 868 g/mol. The molecule has 2 aliphatic carbocycles. The molecule has 346 valence electrons. The van der Waals surface area contributed by atoms with Gasteiger partial charge in [-0.2, -0.15) is 0 Å². The molecule has 1 saturated carbocycles. The van der Waals surface area contributed by atoms with E-state index >= 15 is 13.2 Å². The number of thiophene rings is 1. The molecule has 4 aromatic carbocycles. The monoisotopic (exact) mass is 923 g/mol. The van der Waals surface area contributed by atoms with Gasteiger partial charge in [0, 0.05) is 90.1 Å². The highest BCUT2D eigenvalue weighted by Crippen LogP contribution is 2.53. The number of allylic oxidation sites excluding steroid dienone is 1. The Bertz CT molecular complexity index is 2930. The quantitative estimate of drug-likeness (QED) is 0.160. The lowest BCUT2D eigenvalue weighted by molar-refractivity contribution is -0.122. The molecule has 1 spiro atoms. The number of hydrogen-bond acceptors (Lipinski definition) is 8. The van der Waals surface area contributed by atoms with Crippen molar-refractivity contribution in [2.75, 3.05) is 55.6 Å². The molecule has 9 nitrogen and oxygen atoms in total. The van der Waals surface area contributed by atoms with Gasteiger partial charge in [0.1, 0.15) is 34.3 Å². The maximum absolute atomic E-state index is 16.5. The molecule has 5 aliphatic rings. The molecule has 67 heavy (non-hydrogen) atoms. The molecule has 5 heterocycles. The fourth-order valence-electron chi connectivity index (χ4n) is 11.5. The number of hydrogen-bond donors (Lipinski definition) is 1. The van der Waals surface area contributed by atoms with E-state index in [-0.39, 0.29) is 23.9 Å². The zero-order chi connectivity index (χ0) is 46.7. The van der Waals surface area contributed by atoms with E-state index in [0.29, 0.717) is 47.7 Å². The molecule has 0 unspecified atom stereocenters. The number of aromatic nitrogens is 3. The number of anilines is 2. The summed E-state index contributed by atoms with van der Waals surface area (Å²) in [6.07, 6.45) is 4.62. The van der Waals surface area contributed by atoms with Crippen LogP contribution < -0.4 is 9.80 Å². The van der Waals surface area contributed by atoms with E-state index < -0.39 is 11.6 Å². The third kappa shape index (κ3) is 8.17. The molecule has 2 saturated heterocycles. The van der Waals surface area contributed by atoms with Crippen LogP contribution in [-0.4, -0.2) is 82.8 Å². The highest BCUT2D eigenvalue weighted by Gasteiger charge is 2.52. The highest BCUT2D eigenvalue weighted by atomic mass is 32.1. The first-order chi connectivity index (χ1) is 32.3. The van der Waals surface area contributed by atoms with Crippen LogP contribution in [0.3, 0.4) is 0 Å². The first-order valence-electron chi connectivity index (χ1n) is 23.4. The Morgan fingerprint density at radius 3 is 2.27 bits per heavy atom. The summed E-state index contributed by atoms with van der Waals surface area (Å²) in [6, 6.07) is 24.4. The van der Waals surface area contributed by atoms with Crippen molar-refractivity contribution in [3.63, 3.8) is 0 Å². The van der Waals surface area contributed by atoms with Crippen LogP contribution in [0.1, 0.15) is 99.7 Å². The summed E-state index contributed by atoms with van der Waals surface area (Å²) < 4.78 is 50.3.